The number of rotatable bonds is 5. The summed E-state index contributed by atoms with van der Waals surface area (Å²) in [6.07, 6.45) is -0.128. The third kappa shape index (κ3) is 5.34. The molecule has 0 aliphatic carbocycles. The predicted molar refractivity (Wildman–Crippen MR) is 77.5 cm³/mol. The molecule has 5 nitrogen and oxygen atoms in total. The second kappa shape index (κ2) is 7.73. The number of halogens is 2. The zero-order valence-electron chi connectivity index (χ0n) is 9.76. The fraction of sp³-hybridized carbons (Fsp3) is 0.400. The maximum Gasteiger partial charge on any atom is 0.240 e. The Hall–Kier alpha value is -0.630. The maximum atomic E-state index is 11.8. The Kier molecular flexibility index (Phi) is 7.46. The lowest BCUT2D eigenvalue weighted by Crippen LogP contribution is -2.43. The Morgan fingerprint density at radius 1 is 1.56 bits per heavy atom. The van der Waals surface area contributed by atoms with Gasteiger partial charge >= 0.3 is 0 Å². The van der Waals surface area contributed by atoms with Gasteiger partial charge in [0.1, 0.15) is 0 Å². The molecule has 0 bridgehead atoms. The van der Waals surface area contributed by atoms with Crippen molar-refractivity contribution in [1.29, 1.82) is 0 Å². The Morgan fingerprint density at radius 2 is 2.17 bits per heavy atom. The number of primary amides is 1. The Morgan fingerprint density at radius 3 is 2.61 bits per heavy atom. The first-order valence-corrected chi connectivity index (χ1v) is 6.59. The van der Waals surface area contributed by atoms with Gasteiger partial charge < -0.3 is 16.4 Å². The standard InChI is InChI=1S/C10H14BrN3O2S.ClH/c1-14(4-6-2-8(11)17-5-6)10(16)7(12)3-9(13)15;/h2,5,7H,3-4,12H2,1H3,(H2,13,15);1H. The van der Waals surface area contributed by atoms with Crippen molar-refractivity contribution in [2.45, 2.75) is 19.0 Å². The summed E-state index contributed by atoms with van der Waals surface area (Å²) >= 11 is 4.90. The molecule has 0 saturated carbocycles. The van der Waals surface area contributed by atoms with Crippen LogP contribution >= 0.6 is 39.7 Å². The van der Waals surface area contributed by atoms with Crippen LogP contribution in [-0.2, 0) is 16.1 Å². The molecule has 0 aromatic carbocycles. The van der Waals surface area contributed by atoms with Crippen molar-refractivity contribution in [2.75, 3.05) is 7.05 Å². The van der Waals surface area contributed by atoms with Gasteiger partial charge in [-0.15, -0.1) is 23.7 Å². The molecule has 1 heterocycles. The molecule has 0 aliphatic heterocycles. The molecule has 0 fully saturated rings. The molecule has 0 radical (unpaired) electrons. The molecule has 4 N–H and O–H groups in total. The van der Waals surface area contributed by atoms with Crippen molar-refractivity contribution in [3.05, 3.63) is 20.8 Å². The zero-order chi connectivity index (χ0) is 13.0. The fourth-order valence-electron chi connectivity index (χ4n) is 1.37. The van der Waals surface area contributed by atoms with Crippen LogP contribution in [0.25, 0.3) is 0 Å². The minimum atomic E-state index is -0.862. The highest BCUT2D eigenvalue weighted by atomic mass is 79.9. The monoisotopic (exact) mass is 355 g/mol. The molecule has 0 saturated heterocycles. The van der Waals surface area contributed by atoms with E-state index in [9.17, 15) is 9.59 Å². The van der Waals surface area contributed by atoms with Crippen LogP contribution in [0.5, 0.6) is 0 Å². The van der Waals surface area contributed by atoms with Gasteiger partial charge in [-0.1, -0.05) is 0 Å². The van der Waals surface area contributed by atoms with E-state index in [4.69, 9.17) is 11.5 Å². The van der Waals surface area contributed by atoms with E-state index < -0.39 is 11.9 Å². The second-order valence-electron chi connectivity index (χ2n) is 3.73. The fourth-order valence-corrected chi connectivity index (χ4v) is 2.57. The summed E-state index contributed by atoms with van der Waals surface area (Å²) in [5, 5.41) is 1.95. The highest BCUT2D eigenvalue weighted by Gasteiger charge is 2.20. The lowest BCUT2D eigenvalue weighted by molar-refractivity contribution is -0.133. The van der Waals surface area contributed by atoms with Gasteiger partial charge in [0.05, 0.1) is 16.2 Å². The number of carbonyl (C=O) groups is 2. The molecule has 8 heteroatoms. The van der Waals surface area contributed by atoms with E-state index in [1.807, 2.05) is 11.4 Å². The first kappa shape index (κ1) is 17.4. The molecular weight excluding hydrogens is 342 g/mol. The average Bonchev–Trinajstić information content (AvgIpc) is 2.61. The number of thiophene rings is 1. The van der Waals surface area contributed by atoms with Gasteiger partial charge in [-0.2, -0.15) is 0 Å². The third-order valence-corrected chi connectivity index (χ3v) is 3.71. The number of hydrogen-bond acceptors (Lipinski definition) is 4. The van der Waals surface area contributed by atoms with Crippen LogP contribution < -0.4 is 11.5 Å². The molecule has 1 aromatic rings. The lowest BCUT2D eigenvalue weighted by atomic mass is 10.2. The van der Waals surface area contributed by atoms with E-state index in [1.54, 1.807) is 18.4 Å². The molecule has 1 aromatic heterocycles. The van der Waals surface area contributed by atoms with Crippen molar-refractivity contribution in [3.8, 4) is 0 Å². The predicted octanol–water partition coefficient (Wildman–Crippen LogP) is 1.09. The van der Waals surface area contributed by atoms with E-state index in [-0.39, 0.29) is 24.7 Å². The van der Waals surface area contributed by atoms with Gasteiger partial charge in [-0.05, 0) is 32.9 Å². The van der Waals surface area contributed by atoms with Crippen LogP contribution in [0, 0.1) is 0 Å². The van der Waals surface area contributed by atoms with Crippen molar-refractivity contribution < 1.29 is 9.59 Å². The quantitative estimate of drug-likeness (QED) is 0.827. The average molecular weight is 357 g/mol. The Balaban J connectivity index is 0.00000289. The smallest absolute Gasteiger partial charge is 0.240 e. The van der Waals surface area contributed by atoms with E-state index in [0.717, 1.165) is 9.35 Å². The third-order valence-electron chi connectivity index (χ3n) is 2.16. The summed E-state index contributed by atoms with van der Waals surface area (Å²) < 4.78 is 1.01. The molecule has 1 atom stereocenters. The Bertz CT molecular complexity index is 427. The number of carbonyl (C=O) groups excluding carboxylic acids is 2. The molecule has 0 spiro atoms. The summed E-state index contributed by atoms with van der Waals surface area (Å²) in [7, 11) is 1.65. The first-order valence-electron chi connectivity index (χ1n) is 4.92. The second-order valence-corrected chi connectivity index (χ2v) is 6.02. The number of nitrogens with zero attached hydrogens (tertiary/aromatic N) is 1. The van der Waals surface area contributed by atoms with E-state index in [2.05, 4.69) is 15.9 Å². The van der Waals surface area contributed by atoms with Gasteiger partial charge in [-0.25, -0.2) is 0 Å². The molecule has 18 heavy (non-hydrogen) atoms. The first-order chi connectivity index (χ1) is 7.90. The van der Waals surface area contributed by atoms with Gasteiger partial charge in [0, 0.05) is 13.6 Å². The summed E-state index contributed by atoms with van der Waals surface area (Å²) in [6, 6.07) is 1.08. The normalized spacial score (nSPS) is 11.5. The van der Waals surface area contributed by atoms with Crippen LogP contribution in [-0.4, -0.2) is 29.8 Å². The maximum absolute atomic E-state index is 11.8. The van der Waals surface area contributed by atoms with Crippen molar-refractivity contribution >= 4 is 51.5 Å². The van der Waals surface area contributed by atoms with Crippen LogP contribution in [0.4, 0.5) is 0 Å². The number of likely N-dealkylation sites (N-methyl/N-ethyl adjacent to an activating group) is 1. The van der Waals surface area contributed by atoms with Gasteiger partial charge in [0.15, 0.2) is 0 Å². The number of nitrogens with two attached hydrogens (primary N) is 2. The van der Waals surface area contributed by atoms with Crippen LogP contribution in [0.3, 0.4) is 0 Å². The van der Waals surface area contributed by atoms with Crippen molar-refractivity contribution in [3.63, 3.8) is 0 Å². The lowest BCUT2D eigenvalue weighted by Gasteiger charge is -2.20. The van der Waals surface area contributed by atoms with E-state index >= 15 is 0 Å². The Labute approximate surface area is 124 Å². The summed E-state index contributed by atoms with van der Waals surface area (Å²) in [5.74, 6) is -0.858. The van der Waals surface area contributed by atoms with Crippen molar-refractivity contribution in [2.24, 2.45) is 11.5 Å². The van der Waals surface area contributed by atoms with Gasteiger partial charge in [0.25, 0.3) is 0 Å². The van der Waals surface area contributed by atoms with E-state index in [1.165, 1.54) is 4.90 Å². The highest BCUT2D eigenvalue weighted by Crippen LogP contribution is 2.21. The minimum absolute atomic E-state index is 0. The SMILES string of the molecule is CN(Cc1csc(Br)c1)C(=O)C(N)CC(N)=O.Cl. The van der Waals surface area contributed by atoms with E-state index in [0.29, 0.717) is 6.54 Å². The van der Waals surface area contributed by atoms with Crippen molar-refractivity contribution in [1.82, 2.24) is 4.90 Å². The number of hydrogen-bond donors (Lipinski definition) is 2. The van der Waals surface area contributed by atoms with Crippen LogP contribution in [0.1, 0.15) is 12.0 Å². The topological polar surface area (TPSA) is 89.4 Å². The molecule has 0 aliphatic rings. The van der Waals surface area contributed by atoms with Crippen LogP contribution in [0.15, 0.2) is 15.2 Å². The molecular formula is C10H15BrClN3O2S. The zero-order valence-corrected chi connectivity index (χ0v) is 13.0. The molecule has 2 amide bonds. The number of amides is 2. The summed E-state index contributed by atoms with van der Waals surface area (Å²) in [4.78, 5) is 23.9. The molecule has 1 unspecified atom stereocenters. The van der Waals surface area contributed by atoms with Gasteiger partial charge in [0.2, 0.25) is 11.8 Å². The highest BCUT2D eigenvalue weighted by molar-refractivity contribution is 9.11. The molecule has 1 rings (SSSR count). The van der Waals surface area contributed by atoms with Crippen LogP contribution in [0.2, 0.25) is 0 Å². The largest absolute Gasteiger partial charge is 0.370 e. The van der Waals surface area contributed by atoms with Gasteiger partial charge in [-0.3, -0.25) is 9.59 Å². The molecule has 102 valence electrons. The summed E-state index contributed by atoms with van der Waals surface area (Å²) in [5.41, 5.74) is 11.6. The minimum Gasteiger partial charge on any atom is -0.370 e. The summed E-state index contributed by atoms with van der Waals surface area (Å²) in [6.45, 7) is 0.466.